The SMILES string of the molecule is Cc1nc(CC2CCN(c3ccc(-c4ccccc4)cc3)CC2)nc([C]=O)c1O. The second kappa shape index (κ2) is 8.43. The van der Waals surface area contributed by atoms with E-state index >= 15 is 0 Å². The molecule has 0 aliphatic carbocycles. The fourth-order valence-corrected chi connectivity index (χ4v) is 3.94. The van der Waals surface area contributed by atoms with Crippen molar-refractivity contribution < 1.29 is 9.90 Å². The Bertz CT molecular complexity index is 979. The molecule has 3 aromatic rings. The summed E-state index contributed by atoms with van der Waals surface area (Å²) in [7, 11) is 0. The van der Waals surface area contributed by atoms with Crippen molar-refractivity contribution in [1.29, 1.82) is 0 Å². The lowest BCUT2D eigenvalue weighted by Crippen LogP contribution is -2.34. The molecule has 0 amide bonds. The topological polar surface area (TPSA) is 66.3 Å². The van der Waals surface area contributed by atoms with Gasteiger partial charge in [-0.25, -0.2) is 9.97 Å². The first-order chi connectivity index (χ1) is 14.1. The maximum atomic E-state index is 11.0. The molecular weight excluding hydrogens is 362 g/mol. The Hall–Kier alpha value is -3.21. The predicted molar refractivity (Wildman–Crippen MR) is 114 cm³/mol. The molecule has 1 aromatic heterocycles. The van der Waals surface area contributed by atoms with Gasteiger partial charge in [-0.1, -0.05) is 42.5 Å². The first-order valence-electron chi connectivity index (χ1n) is 9.99. The highest BCUT2D eigenvalue weighted by molar-refractivity contribution is 5.76. The zero-order valence-corrected chi connectivity index (χ0v) is 16.5. The number of anilines is 1. The van der Waals surface area contributed by atoms with Crippen molar-refractivity contribution in [3.8, 4) is 16.9 Å². The van der Waals surface area contributed by atoms with Crippen molar-refractivity contribution in [2.24, 2.45) is 5.92 Å². The molecule has 1 radical (unpaired) electrons. The van der Waals surface area contributed by atoms with Gasteiger partial charge in [-0.3, -0.25) is 4.79 Å². The van der Waals surface area contributed by atoms with E-state index < -0.39 is 0 Å². The zero-order chi connectivity index (χ0) is 20.2. The number of benzene rings is 2. The first kappa shape index (κ1) is 19.1. The van der Waals surface area contributed by atoms with Crippen LogP contribution in [0.25, 0.3) is 11.1 Å². The second-order valence-electron chi connectivity index (χ2n) is 7.57. The van der Waals surface area contributed by atoms with Crippen LogP contribution in [0.2, 0.25) is 0 Å². The van der Waals surface area contributed by atoms with E-state index in [2.05, 4.69) is 63.4 Å². The normalized spacial score (nSPS) is 14.7. The molecule has 147 valence electrons. The third-order valence-corrected chi connectivity index (χ3v) is 5.63. The van der Waals surface area contributed by atoms with Crippen LogP contribution in [0.5, 0.6) is 5.75 Å². The summed E-state index contributed by atoms with van der Waals surface area (Å²) >= 11 is 0. The lowest BCUT2D eigenvalue weighted by atomic mass is 9.92. The van der Waals surface area contributed by atoms with Gasteiger partial charge in [0.1, 0.15) is 5.82 Å². The molecule has 2 heterocycles. The number of piperidine rings is 1. The Balaban J connectivity index is 1.37. The van der Waals surface area contributed by atoms with E-state index in [0.717, 1.165) is 32.4 Å². The van der Waals surface area contributed by atoms with Crippen LogP contribution in [0.15, 0.2) is 54.6 Å². The summed E-state index contributed by atoms with van der Waals surface area (Å²) in [4.78, 5) is 21.9. The van der Waals surface area contributed by atoms with Crippen LogP contribution in [0.3, 0.4) is 0 Å². The van der Waals surface area contributed by atoms with Crippen LogP contribution < -0.4 is 4.90 Å². The summed E-state index contributed by atoms with van der Waals surface area (Å²) in [6, 6.07) is 19.2. The average Bonchev–Trinajstić information content (AvgIpc) is 2.77. The van der Waals surface area contributed by atoms with Crippen molar-refractivity contribution in [3.05, 3.63) is 71.8 Å². The quantitative estimate of drug-likeness (QED) is 0.716. The molecule has 2 aromatic carbocycles. The Morgan fingerprint density at radius 1 is 1.00 bits per heavy atom. The third kappa shape index (κ3) is 4.29. The van der Waals surface area contributed by atoms with Crippen LogP contribution in [0, 0.1) is 12.8 Å². The Morgan fingerprint density at radius 2 is 1.66 bits per heavy atom. The summed E-state index contributed by atoms with van der Waals surface area (Å²) in [6.45, 7) is 3.65. The highest BCUT2D eigenvalue weighted by atomic mass is 16.3. The van der Waals surface area contributed by atoms with Gasteiger partial charge >= 0.3 is 0 Å². The van der Waals surface area contributed by atoms with Gasteiger partial charge < -0.3 is 10.0 Å². The molecule has 0 atom stereocenters. The van der Waals surface area contributed by atoms with Crippen LogP contribution >= 0.6 is 0 Å². The Labute approximate surface area is 171 Å². The summed E-state index contributed by atoms with van der Waals surface area (Å²) in [5.74, 6) is 0.917. The van der Waals surface area contributed by atoms with E-state index in [9.17, 15) is 9.90 Å². The van der Waals surface area contributed by atoms with Gasteiger partial charge in [0, 0.05) is 25.2 Å². The Kier molecular flexibility index (Phi) is 5.56. The number of hydrogen-bond acceptors (Lipinski definition) is 5. The summed E-state index contributed by atoms with van der Waals surface area (Å²) < 4.78 is 0. The molecular formula is C24H24N3O2. The lowest BCUT2D eigenvalue weighted by Gasteiger charge is -2.33. The molecule has 5 nitrogen and oxygen atoms in total. The number of aryl methyl sites for hydroxylation is 1. The standard InChI is InChI=1S/C24H24N3O2/c1-17-24(29)22(16-28)26-23(25-17)15-18-11-13-27(14-12-18)21-9-7-20(8-10-21)19-5-3-2-4-6-19/h2-10,18,29H,11-15H2,1H3. The van der Waals surface area contributed by atoms with Crippen LogP contribution in [0.4, 0.5) is 5.69 Å². The highest BCUT2D eigenvalue weighted by Crippen LogP contribution is 2.28. The highest BCUT2D eigenvalue weighted by Gasteiger charge is 2.22. The third-order valence-electron chi connectivity index (χ3n) is 5.63. The van der Waals surface area contributed by atoms with Gasteiger partial charge in [-0.05, 0) is 48.9 Å². The van der Waals surface area contributed by atoms with Crippen molar-refractivity contribution in [2.75, 3.05) is 18.0 Å². The fraction of sp³-hybridized carbons (Fsp3) is 0.292. The van der Waals surface area contributed by atoms with Crippen LogP contribution in [0.1, 0.15) is 30.1 Å². The molecule has 1 aliphatic heterocycles. The average molecular weight is 386 g/mol. The van der Waals surface area contributed by atoms with Gasteiger partial charge in [0.2, 0.25) is 0 Å². The number of hydrogen-bond donors (Lipinski definition) is 1. The number of aromatic nitrogens is 2. The van der Waals surface area contributed by atoms with Crippen LogP contribution in [-0.2, 0) is 11.2 Å². The molecule has 5 heteroatoms. The second-order valence-corrected chi connectivity index (χ2v) is 7.57. The van der Waals surface area contributed by atoms with E-state index in [1.807, 2.05) is 6.07 Å². The van der Waals surface area contributed by atoms with Gasteiger partial charge in [-0.2, -0.15) is 0 Å². The zero-order valence-electron chi connectivity index (χ0n) is 16.5. The summed E-state index contributed by atoms with van der Waals surface area (Å²) in [6.07, 6.45) is 4.51. The minimum absolute atomic E-state index is 0.0385. The molecule has 0 unspecified atom stereocenters. The maximum absolute atomic E-state index is 11.0. The minimum Gasteiger partial charge on any atom is -0.504 e. The predicted octanol–water partition coefficient (Wildman–Crippen LogP) is 4.07. The summed E-state index contributed by atoms with van der Waals surface area (Å²) in [5, 5.41) is 9.79. The smallest absolute Gasteiger partial charge is 0.257 e. The number of nitrogens with zero attached hydrogens (tertiary/aromatic N) is 3. The molecule has 1 saturated heterocycles. The van der Waals surface area contributed by atoms with Crippen LogP contribution in [-0.4, -0.2) is 34.5 Å². The van der Waals surface area contributed by atoms with Gasteiger partial charge in [-0.15, -0.1) is 0 Å². The van der Waals surface area contributed by atoms with E-state index in [1.54, 1.807) is 13.2 Å². The molecule has 1 aliphatic rings. The molecule has 29 heavy (non-hydrogen) atoms. The first-order valence-corrected chi connectivity index (χ1v) is 9.99. The largest absolute Gasteiger partial charge is 0.504 e. The van der Waals surface area contributed by atoms with Gasteiger partial charge in [0.05, 0.1) is 5.69 Å². The molecule has 1 fully saturated rings. The fourth-order valence-electron chi connectivity index (χ4n) is 3.94. The molecule has 0 saturated carbocycles. The Morgan fingerprint density at radius 3 is 2.31 bits per heavy atom. The van der Waals surface area contributed by atoms with Crippen molar-refractivity contribution in [3.63, 3.8) is 0 Å². The van der Waals surface area contributed by atoms with E-state index in [0.29, 0.717) is 17.4 Å². The summed E-state index contributed by atoms with van der Waals surface area (Å²) in [5.41, 5.74) is 4.10. The van der Waals surface area contributed by atoms with Gasteiger partial charge in [0.25, 0.3) is 6.29 Å². The number of rotatable bonds is 5. The minimum atomic E-state index is -0.169. The molecule has 0 bridgehead atoms. The van der Waals surface area contributed by atoms with Crippen molar-refractivity contribution in [2.45, 2.75) is 26.2 Å². The molecule has 1 N–H and O–H groups in total. The number of carbonyl (C=O) groups excluding carboxylic acids is 1. The van der Waals surface area contributed by atoms with E-state index in [1.165, 1.54) is 16.8 Å². The van der Waals surface area contributed by atoms with Gasteiger partial charge in [0.15, 0.2) is 11.4 Å². The number of aromatic hydroxyl groups is 1. The monoisotopic (exact) mass is 386 g/mol. The van der Waals surface area contributed by atoms with Crippen molar-refractivity contribution >= 4 is 12.0 Å². The molecule has 4 rings (SSSR count). The lowest BCUT2D eigenvalue weighted by molar-refractivity contribution is 0.394. The van der Waals surface area contributed by atoms with E-state index in [-0.39, 0.29) is 11.4 Å². The molecule has 0 spiro atoms. The van der Waals surface area contributed by atoms with E-state index in [4.69, 9.17) is 0 Å². The maximum Gasteiger partial charge on any atom is 0.257 e. The van der Waals surface area contributed by atoms with Crippen molar-refractivity contribution in [1.82, 2.24) is 9.97 Å².